The topological polar surface area (TPSA) is 16.4 Å². The van der Waals surface area contributed by atoms with Crippen molar-refractivity contribution in [2.75, 3.05) is 4.90 Å². The molecule has 0 aliphatic heterocycles. The molecule has 0 unspecified atom stereocenters. The van der Waals surface area contributed by atoms with Gasteiger partial charge in [-0.05, 0) is 98.1 Å². The number of hydrogen-bond donors (Lipinski definition) is 0. The van der Waals surface area contributed by atoms with Crippen molar-refractivity contribution < 1.29 is 4.42 Å². The molecule has 0 saturated heterocycles. The second-order valence-electron chi connectivity index (χ2n) is 13.3. The van der Waals surface area contributed by atoms with Crippen LogP contribution in [0.15, 0.2) is 205 Å². The Labute approximate surface area is 302 Å². The van der Waals surface area contributed by atoms with E-state index in [2.05, 4.69) is 199 Å². The molecule has 0 amide bonds. The van der Waals surface area contributed by atoms with Gasteiger partial charge in [0, 0.05) is 27.5 Å². The number of nitrogens with zero attached hydrogens (tertiary/aromatic N) is 1. The number of benzene rings is 9. The van der Waals surface area contributed by atoms with Gasteiger partial charge in [-0.25, -0.2) is 0 Å². The van der Waals surface area contributed by atoms with Gasteiger partial charge in [0.1, 0.15) is 11.2 Å². The summed E-state index contributed by atoms with van der Waals surface area (Å²) in [6, 6.07) is 71.7. The van der Waals surface area contributed by atoms with Gasteiger partial charge in [0.05, 0.1) is 5.69 Å². The van der Waals surface area contributed by atoms with Crippen LogP contribution >= 0.6 is 0 Å². The minimum absolute atomic E-state index is 0.887. The zero-order valence-electron chi connectivity index (χ0n) is 28.4. The van der Waals surface area contributed by atoms with E-state index in [1.807, 2.05) is 6.07 Å². The van der Waals surface area contributed by atoms with Gasteiger partial charge in [0.15, 0.2) is 0 Å². The summed E-state index contributed by atoms with van der Waals surface area (Å²) >= 11 is 0. The summed E-state index contributed by atoms with van der Waals surface area (Å²) in [5, 5.41) is 7.01. The standard InChI is InChI=1S/C50H33NO/c1-3-13-34(14-4-1)35-23-27-39(28-24-35)51(40-29-25-37(26-30-40)42-19-10-9-18-41(42)36-15-5-2-6-16-36)48-31-38-17-7-8-20-43(38)45-32-47-44-21-11-12-22-49(44)52-50(47)33-46(45)48/h1-33H. The number of fused-ring (bicyclic) bond motifs is 6. The van der Waals surface area contributed by atoms with Crippen LogP contribution < -0.4 is 4.90 Å². The van der Waals surface area contributed by atoms with Crippen LogP contribution in [-0.2, 0) is 0 Å². The molecule has 1 heterocycles. The third-order valence-corrected chi connectivity index (χ3v) is 10.3. The lowest BCUT2D eigenvalue weighted by Crippen LogP contribution is -2.10. The van der Waals surface area contributed by atoms with Gasteiger partial charge in [-0.3, -0.25) is 0 Å². The second-order valence-corrected chi connectivity index (χ2v) is 13.3. The van der Waals surface area contributed by atoms with Crippen LogP contribution in [0.5, 0.6) is 0 Å². The number of rotatable bonds is 6. The van der Waals surface area contributed by atoms with E-state index < -0.39 is 0 Å². The molecule has 0 bridgehead atoms. The van der Waals surface area contributed by atoms with E-state index in [1.165, 1.54) is 49.5 Å². The predicted molar refractivity (Wildman–Crippen MR) is 220 cm³/mol. The Balaban J connectivity index is 1.19. The number of furan rings is 1. The van der Waals surface area contributed by atoms with E-state index in [0.29, 0.717) is 0 Å². The predicted octanol–water partition coefficient (Wildman–Crippen LogP) is 14.4. The first-order valence-corrected chi connectivity index (χ1v) is 17.8. The molecule has 10 rings (SSSR count). The highest BCUT2D eigenvalue weighted by atomic mass is 16.3. The minimum atomic E-state index is 0.887. The molecule has 2 nitrogen and oxygen atoms in total. The quantitative estimate of drug-likeness (QED) is 0.165. The van der Waals surface area contributed by atoms with Crippen molar-refractivity contribution in [1.82, 2.24) is 0 Å². The van der Waals surface area contributed by atoms with Crippen molar-refractivity contribution in [2.45, 2.75) is 0 Å². The smallest absolute Gasteiger partial charge is 0.136 e. The van der Waals surface area contributed by atoms with Crippen LogP contribution in [0.25, 0.3) is 76.9 Å². The Kier molecular flexibility index (Phi) is 7.18. The van der Waals surface area contributed by atoms with Crippen LogP contribution in [0, 0.1) is 0 Å². The summed E-state index contributed by atoms with van der Waals surface area (Å²) in [5.74, 6) is 0. The Morgan fingerprint density at radius 3 is 1.52 bits per heavy atom. The highest BCUT2D eigenvalue weighted by Crippen LogP contribution is 2.45. The zero-order chi connectivity index (χ0) is 34.4. The molecule has 1 aromatic heterocycles. The van der Waals surface area contributed by atoms with E-state index in [-0.39, 0.29) is 0 Å². The van der Waals surface area contributed by atoms with Gasteiger partial charge in [-0.15, -0.1) is 0 Å². The molecule has 0 spiro atoms. The fraction of sp³-hybridized carbons (Fsp3) is 0. The van der Waals surface area contributed by atoms with Crippen LogP contribution in [-0.4, -0.2) is 0 Å². The van der Waals surface area contributed by atoms with Crippen molar-refractivity contribution in [3.8, 4) is 33.4 Å². The molecule has 52 heavy (non-hydrogen) atoms. The maximum atomic E-state index is 6.48. The molecule has 0 aliphatic rings. The van der Waals surface area contributed by atoms with Crippen molar-refractivity contribution in [1.29, 1.82) is 0 Å². The molecule has 0 radical (unpaired) electrons. The number of para-hydroxylation sites is 1. The van der Waals surface area contributed by atoms with Crippen LogP contribution in [0.3, 0.4) is 0 Å². The molecule has 0 saturated carbocycles. The van der Waals surface area contributed by atoms with E-state index >= 15 is 0 Å². The molecule has 9 aromatic carbocycles. The first-order chi connectivity index (χ1) is 25.8. The number of hydrogen-bond acceptors (Lipinski definition) is 2. The molecule has 0 N–H and O–H groups in total. The second kappa shape index (κ2) is 12.5. The van der Waals surface area contributed by atoms with E-state index in [1.54, 1.807) is 0 Å². The number of anilines is 3. The van der Waals surface area contributed by atoms with Crippen molar-refractivity contribution in [3.63, 3.8) is 0 Å². The molecular formula is C50H33NO. The molecule has 2 heteroatoms. The minimum Gasteiger partial charge on any atom is -0.456 e. The molecular weight excluding hydrogens is 631 g/mol. The normalized spacial score (nSPS) is 11.5. The third-order valence-electron chi connectivity index (χ3n) is 10.3. The average molecular weight is 664 g/mol. The van der Waals surface area contributed by atoms with Crippen LogP contribution in [0.1, 0.15) is 0 Å². The van der Waals surface area contributed by atoms with Crippen LogP contribution in [0.2, 0.25) is 0 Å². The summed E-state index contributed by atoms with van der Waals surface area (Å²) in [4.78, 5) is 2.39. The molecule has 10 aromatic rings. The summed E-state index contributed by atoms with van der Waals surface area (Å²) in [6.45, 7) is 0. The Morgan fingerprint density at radius 1 is 0.308 bits per heavy atom. The average Bonchev–Trinajstić information content (AvgIpc) is 3.59. The molecule has 0 atom stereocenters. The summed E-state index contributed by atoms with van der Waals surface area (Å²) in [6.07, 6.45) is 0. The Hall–Kier alpha value is -6.90. The third kappa shape index (κ3) is 5.12. The lowest BCUT2D eigenvalue weighted by Gasteiger charge is -2.28. The van der Waals surface area contributed by atoms with Gasteiger partial charge in [-0.1, -0.05) is 152 Å². The van der Waals surface area contributed by atoms with Gasteiger partial charge in [0.25, 0.3) is 0 Å². The van der Waals surface area contributed by atoms with Gasteiger partial charge < -0.3 is 9.32 Å². The zero-order valence-corrected chi connectivity index (χ0v) is 28.4. The SMILES string of the molecule is c1ccc(-c2ccc(N(c3ccc(-c4ccccc4-c4ccccc4)cc3)c3cc4ccccc4c4cc5c(cc34)oc3ccccc35)cc2)cc1. The molecule has 0 aliphatic carbocycles. The fourth-order valence-electron chi connectivity index (χ4n) is 7.74. The van der Waals surface area contributed by atoms with Crippen molar-refractivity contribution >= 4 is 60.5 Å². The van der Waals surface area contributed by atoms with E-state index in [4.69, 9.17) is 4.42 Å². The summed E-state index contributed by atoms with van der Waals surface area (Å²) in [5.41, 5.74) is 12.2. The van der Waals surface area contributed by atoms with Gasteiger partial charge >= 0.3 is 0 Å². The highest BCUT2D eigenvalue weighted by molar-refractivity contribution is 6.20. The lowest BCUT2D eigenvalue weighted by atomic mass is 9.94. The lowest BCUT2D eigenvalue weighted by molar-refractivity contribution is 0.669. The summed E-state index contributed by atoms with van der Waals surface area (Å²) in [7, 11) is 0. The monoisotopic (exact) mass is 663 g/mol. The van der Waals surface area contributed by atoms with Gasteiger partial charge in [0.2, 0.25) is 0 Å². The Morgan fingerprint density at radius 2 is 0.827 bits per heavy atom. The highest BCUT2D eigenvalue weighted by Gasteiger charge is 2.20. The van der Waals surface area contributed by atoms with E-state index in [0.717, 1.165) is 44.4 Å². The summed E-state index contributed by atoms with van der Waals surface area (Å²) < 4.78 is 6.48. The Bertz CT molecular complexity index is 2870. The maximum Gasteiger partial charge on any atom is 0.136 e. The molecule has 244 valence electrons. The van der Waals surface area contributed by atoms with Crippen molar-refractivity contribution in [2.24, 2.45) is 0 Å². The maximum absolute atomic E-state index is 6.48. The first kappa shape index (κ1) is 30.0. The fourth-order valence-corrected chi connectivity index (χ4v) is 7.74. The van der Waals surface area contributed by atoms with Gasteiger partial charge in [-0.2, -0.15) is 0 Å². The first-order valence-electron chi connectivity index (χ1n) is 17.8. The van der Waals surface area contributed by atoms with E-state index in [9.17, 15) is 0 Å². The molecule has 0 fully saturated rings. The van der Waals surface area contributed by atoms with Crippen molar-refractivity contribution in [3.05, 3.63) is 200 Å². The van der Waals surface area contributed by atoms with Crippen LogP contribution in [0.4, 0.5) is 17.1 Å². The largest absolute Gasteiger partial charge is 0.456 e.